The molecule has 16 heavy (non-hydrogen) atoms. The minimum atomic E-state index is -0.336. The number of aromatic nitrogens is 1. The summed E-state index contributed by atoms with van der Waals surface area (Å²) in [4.78, 5) is 11.6. The van der Waals surface area contributed by atoms with E-state index in [0.29, 0.717) is 14.5 Å². The van der Waals surface area contributed by atoms with Gasteiger partial charge >= 0.3 is 0 Å². The van der Waals surface area contributed by atoms with Crippen molar-refractivity contribution in [3.05, 3.63) is 33.3 Å². The number of nitrogens with zero attached hydrogens (tertiary/aromatic N) is 1. The lowest BCUT2D eigenvalue weighted by Gasteiger charge is -2.00. The summed E-state index contributed by atoms with van der Waals surface area (Å²) in [6.07, 6.45) is 1.64. The topological polar surface area (TPSA) is 34.0 Å². The molecular weight excluding hydrogens is 322 g/mol. The number of carbonyl (C=O) groups excluding carboxylic acids is 1. The van der Waals surface area contributed by atoms with Crippen molar-refractivity contribution in [3.63, 3.8) is 0 Å². The smallest absolute Gasteiger partial charge is 0.253 e. The Morgan fingerprint density at radius 3 is 2.81 bits per heavy atom. The number of nitrogens with one attached hydrogen (secondary N) is 1. The van der Waals surface area contributed by atoms with Crippen molar-refractivity contribution in [3.8, 4) is 0 Å². The molecule has 0 bridgehead atoms. The average Bonchev–Trinajstić information content (AvgIpc) is 2.61. The highest BCUT2D eigenvalue weighted by atomic mass is 127. The fraction of sp³-hybridized carbons (Fsp3) is 0.182. The lowest BCUT2D eigenvalue weighted by Crippen LogP contribution is -2.17. The van der Waals surface area contributed by atoms with Crippen LogP contribution in [-0.4, -0.2) is 17.5 Å². The van der Waals surface area contributed by atoms with Crippen LogP contribution >= 0.6 is 22.6 Å². The minimum Gasteiger partial charge on any atom is -0.355 e. The second kappa shape index (κ2) is 4.04. The van der Waals surface area contributed by atoms with E-state index in [1.807, 2.05) is 28.7 Å². The van der Waals surface area contributed by atoms with E-state index in [1.165, 1.54) is 7.05 Å². The molecule has 0 spiro atoms. The predicted octanol–water partition coefficient (Wildman–Crippen LogP) is 2.28. The van der Waals surface area contributed by atoms with Gasteiger partial charge in [-0.15, -0.1) is 0 Å². The van der Waals surface area contributed by atoms with E-state index in [4.69, 9.17) is 0 Å². The molecule has 1 aromatic carbocycles. The molecule has 0 aliphatic rings. The third-order valence-corrected chi connectivity index (χ3v) is 3.35. The monoisotopic (exact) mass is 332 g/mol. The fourth-order valence-corrected chi connectivity index (χ4v) is 2.17. The van der Waals surface area contributed by atoms with Gasteiger partial charge in [-0.2, -0.15) is 0 Å². The lowest BCUT2D eigenvalue weighted by atomic mass is 10.1. The highest BCUT2D eigenvalue weighted by molar-refractivity contribution is 14.1. The van der Waals surface area contributed by atoms with Gasteiger partial charge < -0.3 is 9.88 Å². The zero-order chi connectivity index (χ0) is 11.9. The zero-order valence-corrected chi connectivity index (χ0v) is 11.0. The molecule has 0 atom stereocenters. The first kappa shape index (κ1) is 11.4. The zero-order valence-electron chi connectivity index (χ0n) is 8.84. The largest absolute Gasteiger partial charge is 0.355 e. The van der Waals surface area contributed by atoms with Crippen molar-refractivity contribution in [1.29, 1.82) is 0 Å². The van der Waals surface area contributed by atoms with Crippen molar-refractivity contribution in [2.45, 2.75) is 0 Å². The number of rotatable bonds is 1. The van der Waals surface area contributed by atoms with Gasteiger partial charge in [0.15, 0.2) is 0 Å². The SMILES string of the molecule is CNC(=O)c1cn(C)c2ccc(I)c(F)c12. The third kappa shape index (κ3) is 1.59. The summed E-state index contributed by atoms with van der Waals surface area (Å²) in [6.45, 7) is 0. The maximum Gasteiger partial charge on any atom is 0.253 e. The molecule has 1 N–H and O–H groups in total. The second-order valence-electron chi connectivity index (χ2n) is 3.49. The molecule has 84 valence electrons. The van der Waals surface area contributed by atoms with E-state index < -0.39 is 0 Å². The number of amides is 1. The molecule has 5 heteroatoms. The van der Waals surface area contributed by atoms with Crippen LogP contribution < -0.4 is 5.32 Å². The molecule has 1 heterocycles. The number of benzene rings is 1. The van der Waals surface area contributed by atoms with E-state index in [9.17, 15) is 9.18 Å². The molecule has 0 unspecified atom stereocenters. The van der Waals surface area contributed by atoms with E-state index >= 15 is 0 Å². The molecule has 2 rings (SSSR count). The van der Waals surface area contributed by atoms with Crippen molar-refractivity contribution >= 4 is 39.4 Å². The molecule has 1 aromatic heterocycles. The number of aryl methyl sites for hydroxylation is 1. The Kier molecular flexibility index (Phi) is 2.88. The van der Waals surface area contributed by atoms with Gasteiger partial charge in [-0.1, -0.05) is 0 Å². The van der Waals surface area contributed by atoms with Gasteiger partial charge in [0.1, 0.15) is 5.82 Å². The maximum absolute atomic E-state index is 14.0. The van der Waals surface area contributed by atoms with Crippen LogP contribution in [0.25, 0.3) is 10.9 Å². The van der Waals surface area contributed by atoms with E-state index in [2.05, 4.69) is 5.32 Å². The Bertz CT molecular complexity index is 577. The Morgan fingerprint density at radius 1 is 1.50 bits per heavy atom. The van der Waals surface area contributed by atoms with Gasteiger partial charge in [0.2, 0.25) is 0 Å². The standard InChI is InChI=1S/C11H10FIN2O/c1-14-11(16)6-5-15(2)8-4-3-7(13)10(12)9(6)8/h3-5H,1-2H3,(H,14,16). The second-order valence-corrected chi connectivity index (χ2v) is 4.65. The van der Waals surface area contributed by atoms with Crippen LogP contribution in [0.1, 0.15) is 10.4 Å². The molecule has 0 saturated heterocycles. The molecule has 1 amide bonds. The molecule has 0 aliphatic heterocycles. The first-order valence-corrected chi connectivity index (χ1v) is 5.79. The first-order valence-electron chi connectivity index (χ1n) is 4.71. The summed E-state index contributed by atoms with van der Waals surface area (Å²) >= 11 is 1.92. The van der Waals surface area contributed by atoms with E-state index in [-0.39, 0.29) is 11.7 Å². The highest BCUT2D eigenvalue weighted by Gasteiger charge is 2.17. The number of halogens is 2. The highest BCUT2D eigenvalue weighted by Crippen LogP contribution is 2.26. The molecule has 0 radical (unpaired) electrons. The van der Waals surface area contributed by atoms with E-state index in [1.54, 1.807) is 23.9 Å². The minimum absolute atomic E-state index is 0.272. The summed E-state index contributed by atoms with van der Waals surface area (Å²) in [6, 6.07) is 3.51. The summed E-state index contributed by atoms with van der Waals surface area (Å²) in [5, 5.41) is 2.90. The maximum atomic E-state index is 14.0. The quantitative estimate of drug-likeness (QED) is 0.799. The summed E-state index contributed by atoms with van der Waals surface area (Å²) in [5.74, 6) is -0.608. The summed E-state index contributed by atoms with van der Waals surface area (Å²) in [7, 11) is 3.33. The van der Waals surface area contributed by atoms with Crippen LogP contribution in [0.5, 0.6) is 0 Å². The van der Waals surface area contributed by atoms with Crippen LogP contribution in [0.4, 0.5) is 4.39 Å². The lowest BCUT2D eigenvalue weighted by molar-refractivity contribution is 0.0964. The normalized spacial score (nSPS) is 10.8. The van der Waals surface area contributed by atoms with Gasteiger partial charge in [-0.3, -0.25) is 4.79 Å². The van der Waals surface area contributed by atoms with Crippen LogP contribution in [0.2, 0.25) is 0 Å². The van der Waals surface area contributed by atoms with Gasteiger partial charge in [-0.05, 0) is 34.7 Å². The molecule has 0 aliphatic carbocycles. The molecule has 0 saturated carbocycles. The Hall–Kier alpha value is -1.11. The van der Waals surface area contributed by atoms with Gasteiger partial charge in [0.05, 0.1) is 11.1 Å². The van der Waals surface area contributed by atoms with Crippen LogP contribution in [0.15, 0.2) is 18.3 Å². The van der Waals surface area contributed by atoms with Crippen LogP contribution in [-0.2, 0) is 7.05 Å². The number of hydrogen-bond donors (Lipinski definition) is 1. The molecule has 3 nitrogen and oxygen atoms in total. The van der Waals surface area contributed by atoms with Crippen LogP contribution in [0, 0.1) is 9.39 Å². The van der Waals surface area contributed by atoms with Crippen molar-refractivity contribution in [1.82, 2.24) is 9.88 Å². The Balaban J connectivity index is 2.85. The predicted molar refractivity (Wildman–Crippen MR) is 69.0 cm³/mol. The molecule has 2 aromatic rings. The first-order chi connectivity index (χ1) is 7.56. The third-order valence-electron chi connectivity index (χ3n) is 2.52. The van der Waals surface area contributed by atoms with Gasteiger partial charge in [0, 0.05) is 29.2 Å². The van der Waals surface area contributed by atoms with Crippen molar-refractivity contribution in [2.24, 2.45) is 7.05 Å². The average molecular weight is 332 g/mol. The Morgan fingerprint density at radius 2 is 2.19 bits per heavy atom. The van der Waals surface area contributed by atoms with Crippen LogP contribution in [0.3, 0.4) is 0 Å². The molecular formula is C11H10FIN2O. The fourth-order valence-electron chi connectivity index (χ4n) is 1.73. The number of fused-ring (bicyclic) bond motifs is 1. The van der Waals surface area contributed by atoms with Gasteiger partial charge in [-0.25, -0.2) is 4.39 Å². The van der Waals surface area contributed by atoms with E-state index in [0.717, 1.165) is 5.52 Å². The van der Waals surface area contributed by atoms with Crippen molar-refractivity contribution < 1.29 is 9.18 Å². The van der Waals surface area contributed by atoms with Crippen molar-refractivity contribution in [2.75, 3.05) is 7.05 Å². The Labute approximate surface area is 106 Å². The summed E-state index contributed by atoms with van der Waals surface area (Å²) in [5.41, 5.74) is 1.09. The summed E-state index contributed by atoms with van der Waals surface area (Å²) < 4.78 is 16.2. The number of carbonyl (C=O) groups is 1. The van der Waals surface area contributed by atoms with Gasteiger partial charge in [0.25, 0.3) is 5.91 Å². The molecule has 0 fully saturated rings. The number of hydrogen-bond acceptors (Lipinski definition) is 1.